The summed E-state index contributed by atoms with van der Waals surface area (Å²) in [6.45, 7) is 2.79. The molecule has 0 atom stereocenters. The molecule has 0 aliphatic heterocycles. The SMILES string of the molecule is Cc1ccc(OCCNC(=O)c2cn(-c3ccccc3)nc2-c2cccnc2)cc1. The van der Waals surface area contributed by atoms with Gasteiger partial charge < -0.3 is 10.1 Å². The third kappa shape index (κ3) is 4.55. The van der Waals surface area contributed by atoms with E-state index in [0.717, 1.165) is 17.0 Å². The Labute approximate surface area is 175 Å². The molecular weight excluding hydrogens is 376 g/mol. The van der Waals surface area contributed by atoms with Crippen LogP contribution in [0.5, 0.6) is 5.75 Å². The van der Waals surface area contributed by atoms with Gasteiger partial charge in [-0.1, -0.05) is 35.9 Å². The van der Waals surface area contributed by atoms with E-state index in [1.165, 1.54) is 5.56 Å². The van der Waals surface area contributed by atoms with Crippen molar-refractivity contribution < 1.29 is 9.53 Å². The lowest BCUT2D eigenvalue weighted by Gasteiger charge is -2.08. The van der Waals surface area contributed by atoms with Crippen molar-refractivity contribution in [2.75, 3.05) is 13.2 Å². The quantitative estimate of drug-likeness (QED) is 0.477. The second-order valence-corrected chi connectivity index (χ2v) is 6.83. The number of pyridine rings is 1. The van der Waals surface area contributed by atoms with Gasteiger partial charge in [-0.15, -0.1) is 0 Å². The number of hydrogen-bond acceptors (Lipinski definition) is 4. The van der Waals surface area contributed by atoms with Crippen molar-refractivity contribution in [2.45, 2.75) is 6.92 Å². The van der Waals surface area contributed by atoms with Gasteiger partial charge in [-0.05, 0) is 43.3 Å². The van der Waals surface area contributed by atoms with E-state index in [1.807, 2.05) is 73.7 Å². The third-order valence-corrected chi connectivity index (χ3v) is 4.59. The molecule has 1 N–H and O–H groups in total. The Morgan fingerprint density at radius 2 is 1.83 bits per heavy atom. The topological polar surface area (TPSA) is 69.0 Å². The van der Waals surface area contributed by atoms with Crippen molar-refractivity contribution in [3.05, 3.63) is 96.4 Å². The Morgan fingerprint density at radius 3 is 2.57 bits per heavy atom. The highest BCUT2D eigenvalue weighted by Gasteiger charge is 2.18. The number of hydrogen-bond donors (Lipinski definition) is 1. The van der Waals surface area contributed by atoms with Crippen molar-refractivity contribution in [3.8, 4) is 22.7 Å². The van der Waals surface area contributed by atoms with Crippen LogP contribution in [-0.4, -0.2) is 33.8 Å². The monoisotopic (exact) mass is 398 g/mol. The molecule has 4 rings (SSSR count). The second kappa shape index (κ2) is 9.05. The van der Waals surface area contributed by atoms with Crippen LogP contribution in [0.4, 0.5) is 0 Å². The van der Waals surface area contributed by atoms with Gasteiger partial charge in [-0.2, -0.15) is 5.10 Å². The van der Waals surface area contributed by atoms with E-state index >= 15 is 0 Å². The zero-order chi connectivity index (χ0) is 20.8. The van der Waals surface area contributed by atoms with Crippen LogP contribution in [0.1, 0.15) is 15.9 Å². The molecule has 0 saturated heterocycles. The second-order valence-electron chi connectivity index (χ2n) is 6.83. The van der Waals surface area contributed by atoms with Crippen LogP contribution in [0.25, 0.3) is 16.9 Å². The summed E-state index contributed by atoms with van der Waals surface area (Å²) in [6, 6.07) is 21.2. The molecule has 2 aromatic heterocycles. The molecule has 0 bridgehead atoms. The molecule has 0 aliphatic rings. The largest absolute Gasteiger partial charge is 0.492 e. The van der Waals surface area contributed by atoms with Crippen LogP contribution in [0, 0.1) is 6.92 Å². The van der Waals surface area contributed by atoms with Gasteiger partial charge in [0.25, 0.3) is 5.91 Å². The van der Waals surface area contributed by atoms with Crippen LogP contribution in [0.3, 0.4) is 0 Å². The molecule has 0 unspecified atom stereocenters. The van der Waals surface area contributed by atoms with Crippen LogP contribution >= 0.6 is 0 Å². The number of para-hydroxylation sites is 1. The highest BCUT2D eigenvalue weighted by atomic mass is 16.5. The van der Waals surface area contributed by atoms with E-state index < -0.39 is 0 Å². The van der Waals surface area contributed by atoms with Gasteiger partial charge in [0, 0.05) is 24.2 Å². The number of aryl methyl sites for hydroxylation is 1. The molecule has 2 heterocycles. The molecule has 1 amide bonds. The standard InChI is InChI=1S/C24H22N4O2/c1-18-9-11-21(12-10-18)30-15-14-26-24(29)22-17-28(20-7-3-2-4-8-20)27-23(22)19-6-5-13-25-16-19/h2-13,16-17H,14-15H2,1H3,(H,26,29). The summed E-state index contributed by atoms with van der Waals surface area (Å²) in [6.07, 6.45) is 5.14. The first-order valence-corrected chi connectivity index (χ1v) is 9.74. The zero-order valence-electron chi connectivity index (χ0n) is 16.7. The van der Waals surface area contributed by atoms with Gasteiger partial charge >= 0.3 is 0 Å². The molecule has 4 aromatic rings. The maximum absolute atomic E-state index is 12.9. The number of nitrogens with one attached hydrogen (secondary N) is 1. The minimum absolute atomic E-state index is 0.205. The number of aromatic nitrogens is 3. The average Bonchev–Trinajstić information content (AvgIpc) is 3.25. The summed E-state index contributed by atoms with van der Waals surface area (Å²) in [4.78, 5) is 17.1. The predicted molar refractivity (Wildman–Crippen MR) is 116 cm³/mol. The van der Waals surface area contributed by atoms with Gasteiger partial charge in [0.05, 0.1) is 17.8 Å². The predicted octanol–water partition coefficient (Wildman–Crippen LogP) is 4.05. The smallest absolute Gasteiger partial charge is 0.255 e. The highest BCUT2D eigenvalue weighted by molar-refractivity contribution is 5.99. The van der Waals surface area contributed by atoms with Crippen molar-refractivity contribution in [1.82, 2.24) is 20.1 Å². The highest BCUT2D eigenvalue weighted by Crippen LogP contribution is 2.23. The molecule has 0 spiro atoms. The Morgan fingerprint density at radius 1 is 1.03 bits per heavy atom. The van der Waals surface area contributed by atoms with Crippen LogP contribution in [-0.2, 0) is 0 Å². The summed E-state index contributed by atoms with van der Waals surface area (Å²) >= 11 is 0. The number of nitrogens with zero attached hydrogens (tertiary/aromatic N) is 3. The van der Waals surface area contributed by atoms with E-state index in [-0.39, 0.29) is 5.91 Å². The van der Waals surface area contributed by atoms with E-state index in [1.54, 1.807) is 23.3 Å². The zero-order valence-corrected chi connectivity index (χ0v) is 16.7. The number of ether oxygens (including phenoxy) is 1. The average molecular weight is 398 g/mol. The Balaban J connectivity index is 1.49. The minimum atomic E-state index is -0.205. The normalized spacial score (nSPS) is 10.6. The fraction of sp³-hybridized carbons (Fsp3) is 0.125. The molecule has 6 heteroatoms. The summed E-state index contributed by atoms with van der Waals surface area (Å²) < 4.78 is 7.40. The first-order chi connectivity index (χ1) is 14.7. The van der Waals surface area contributed by atoms with E-state index in [4.69, 9.17) is 4.74 Å². The maximum Gasteiger partial charge on any atom is 0.255 e. The van der Waals surface area contributed by atoms with Crippen LogP contribution in [0.15, 0.2) is 85.3 Å². The summed E-state index contributed by atoms with van der Waals surface area (Å²) in [5.41, 5.74) is 3.91. The van der Waals surface area contributed by atoms with E-state index in [0.29, 0.717) is 24.4 Å². The third-order valence-electron chi connectivity index (χ3n) is 4.59. The van der Waals surface area contributed by atoms with Crippen LogP contribution in [0.2, 0.25) is 0 Å². The molecule has 0 aliphatic carbocycles. The van der Waals surface area contributed by atoms with Crippen LogP contribution < -0.4 is 10.1 Å². The summed E-state index contributed by atoms with van der Waals surface area (Å²) in [5.74, 6) is 0.575. The molecule has 150 valence electrons. The van der Waals surface area contributed by atoms with E-state index in [9.17, 15) is 4.79 Å². The molecule has 0 radical (unpaired) electrons. The van der Waals surface area contributed by atoms with Gasteiger partial charge in [0.2, 0.25) is 0 Å². The minimum Gasteiger partial charge on any atom is -0.492 e. The number of carbonyl (C=O) groups excluding carboxylic acids is 1. The molecule has 6 nitrogen and oxygen atoms in total. The molecule has 0 saturated carbocycles. The first kappa shape index (κ1) is 19.4. The first-order valence-electron chi connectivity index (χ1n) is 9.74. The lowest BCUT2D eigenvalue weighted by Crippen LogP contribution is -2.28. The number of rotatable bonds is 7. The number of amides is 1. The van der Waals surface area contributed by atoms with Crippen molar-refractivity contribution >= 4 is 5.91 Å². The van der Waals surface area contributed by atoms with Gasteiger partial charge in [0.15, 0.2) is 0 Å². The lowest BCUT2D eigenvalue weighted by molar-refractivity contribution is 0.0947. The maximum atomic E-state index is 12.9. The molecule has 0 fully saturated rings. The van der Waals surface area contributed by atoms with Crippen molar-refractivity contribution in [2.24, 2.45) is 0 Å². The lowest BCUT2D eigenvalue weighted by atomic mass is 10.1. The Bertz CT molecular complexity index is 1110. The number of carbonyl (C=O) groups is 1. The summed E-state index contributed by atoms with van der Waals surface area (Å²) in [7, 11) is 0. The van der Waals surface area contributed by atoms with Crippen molar-refractivity contribution in [1.29, 1.82) is 0 Å². The fourth-order valence-corrected chi connectivity index (χ4v) is 3.03. The van der Waals surface area contributed by atoms with E-state index in [2.05, 4.69) is 15.4 Å². The summed E-state index contributed by atoms with van der Waals surface area (Å²) in [5, 5.41) is 7.56. The Hall–Kier alpha value is -3.93. The molecule has 2 aromatic carbocycles. The van der Waals surface area contributed by atoms with Gasteiger partial charge in [-0.3, -0.25) is 9.78 Å². The van der Waals surface area contributed by atoms with Gasteiger partial charge in [0.1, 0.15) is 18.1 Å². The molecule has 30 heavy (non-hydrogen) atoms. The fourth-order valence-electron chi connectivity index (χ4n) is 3.03. The Kier molecular flexibility index (Phi) is 5.85. The van der Waals surface area contributed by atoms with Gasteiger partial charge in [-0.25, -0.2) is 4.68 Å². The number of benzene rings is 2. The van der Waals surface area contributed by atoms with Crippen molar-refractivity contribution in [3.63, 3.8) is 0 Å². The molecular formula is C24H22N4O2.